The molecule has 1 heterocycles. The Morgan fingerprint density at radius 2 is 2.00 bits per heavy atom. The van der Waals surface area contributed by atoms with E-state index >= 15 is 0 Å². The molecule has 8 nitrogen and oxygen atoms in total. The van der Waals surface area contributed by atoms with Crippen LogP contribution in [-0.4, -0.2) is 49.0 Å². The zero-order chi connectivity index (χ0) is 20.1. The summed E-state index contributed by atoms with van der Waals surface area (Å²) in [6, 6.07) is 7.54. The Balaban J connectivity index is 1.66. The van der Waals surface area contributed by atoms with Gasteiger partial charge in [0.2, 0.25) is 0 Å². The van der Waals surface area contributed by atoms with Crippen molar-refractivity contribution in [2.45, 2.75) is 69.9 Å². The van der Waals surface area contributed by atoms with Gasteiger partial charge in [-0.25, -0.2) is 0 Å². The van der Waals surface area contributed by atoms with Gasteiger partial charge in [0.15, 0.2) is 5.79 Å². The van der Waals surface area contributed by atoms with Gasteiger partial charge in [-0.3, -0.25) is 0 Å². The maximum absolute atomic E-state index is 9.23. The maximum atomic E-state index is 9.23. The zero-order valence-electron chi connectivity index (χ0n) is 16.7. The smallest absolute Gasteiger partial charge is 0.163 e. The predicted molar refractivity (Wildman–Crippen MR) is 103 cm³/mol. The van der Waals surface area contributed by atoms with Crippen LogP contribution < -0.4 is 4.74 Å². The monoisotopic (exact) mass is 391 g/mol. The van der Waals surface area contributed by atoms with Crippen LogP contribution in [0.3, 0.4) is 0 Å². The molecule has 154 valence electrons. The topological polar surface area (TPSA) is 106 Å². The quantitative estimate of drug-likeness (QED) is 0.393. The molecule has 0 spiro atoms. The Labute approximate surface area is 165 Å². The first-order chi connectivity index (χ1) is 13.5. The molecule has 8 heteroatoms. The van der Waals surface area contributed by atoms with Crippen molar-refractivity contribution < 1.29 is 24.1 Å². The minimum atomic E-state index is -0.666. The van der Waals surface area contributed by atoms with Crippen molar-refractivity contribution in [3.63, 3.8) is 0 Å². The summed E-state index contributed by atoms with van der Waals surface area (Å²) in [4.78, 5) is 2.92. The lowest BCUT2D eigenvalue weighted by Crippen LogP contribution is -2.30. The second-order valence-corrected chi connectivity index (χ2v) is 7.86. The maximum Gasteiger partial charge on any atom is 0.163 e. The van der Waals surface area contributed by atoms with E-state index < -0.39 is 5.79 Å². The Morgan fingerprint density at radius 1 is 1.29 bits per heavy atom. The molecule has 1 aliphatic carbocycles. The highest BCUT2D eigenvalue weighted by atomic mass is 16.8. The number of nitrogens with zero attached hydrogens (tertiary/aromatic N) is 3. The first-order valence-electron chi connectivity index (χ1n) is 9.71. The van der Waals surface area contributed by atoms with Gasteiger partial charge in [0.25, 0.3) is 0 Å². The molecule has 1 N–H and O–H groups in total. The summed E-state index contributed by atoms with van der Waals surface area (Å²) < 4.78 is 23.7. The number of benzene rings is 1. The van der Waals surface area contributed by atoms with Crippen molar-refractivity contribution in [2.75, 3.05) is 13.7 Å². The van der Waals surface area contributed by atoms with Gasteiger partial charge >= 0.3 is 0 Å². The molecule has 2 fully saturated rings. The van der Waals surface area contributed by atoms with Crippen LogP contribution in [0, 0.1) is 5.92 Å². The van der Waals surface area contributed by atoms with Crippen LogP contribution in [0.5, 0.6) is 5.75 Å². The van der Waals surface area contributed by atoms with Crippen molar-refractivity contribution in [3.8, 4) is 5.75 Å². The normalized spacial score (nSPS) is 29.1. The third kappa shape index (κ3) is 4.96. The molecule has 3 rings (SSSR count). The molecule has 0 unspecified atom stereocenters. The van der Waals surface area contributed by atoms with Crippen molar-refractivity contribution in [3.05, 3.63) is 40.3 Å². The number of hydrogen-bond donors (Lipinski definition) is 1. The summed E-state index contributed by atoms with van der Waals surface area (Å²) in [5, 5.41) is 13.1. The van der Waals surface area contributed by atoms with Gasteiger partial charge in [0.1, 0.15) is 11.9 Å². The molecule has 0 radical (unpaired) electrons. The summed E-state index contributed by atoms with van der Waals surface area (Å²) in [6.07, 6.45) is 1.50. The van der Waals surface area contributed by atoms with E-state index in [-0.39, 0.29) is 36.9 Å². The molecule has 0 aromatic heterocycles. The van der Waals surface area contributed by atoms with Crippen molar-refractivity contribution in [2.24, 2.45) is 11.0 Å². The van der Waals surface area contributed by atoms with Gasteiger partial charge in [-0.1, -0.05) is 17.2 Å². The first-order valence-corrected chi connectivity index (χ1v) is 9.71. The van der Waals surface area contributed by atoms with Gasteiger partial charge in [-0.2, -0.15) is 0 Å². The van der Waals surface area contributed by atoms with E-state index in [0.717, 1.165) is 17.7 Å². The molecule has 5 atom stereocenters. The molecule has 1 saturated heterocycles. The SMILES string of the molecule is COc1ccc(CO[C@H]2C[C@H](C[C@H](CCO)N=[N+]=[N-])[C@H]3OC(C)(C)O[C@H]32)cc1. The van der Waals surface area contributed by atoms with E-state index in [9.17, 15) is 5.11 Å². The molecule has 1 saturated carbocycles. The van der Waals surface area contributed by atoms with Gasteiger partial charge in [-0.05, 0) is 62.3 Å². The van der Waals surface area contributed by atoms with Crippen LogP contribution in [-0.2, 0) is 20.8 Å². The number of fused-ring (bicyclic) bond motifs is 1. The number of aliphatic hydroxyl groups excluding tert-OH is 1. The summed E-state index contributed by atoms with van der Waals surface area (Å²) in [5.74, 6) is 0.294. The predicted octanol–water partition coefficient (Wildman–Crippen LogP) is 3.57. The highest BCUT2D eigenvalue weighted by molar-refractivity contribution is 5.26. The van der Waals surface area contributed by atoms with Gasteiger partial charge in [0, 0.05) is 17.6 Å². The van der Waals surface area contributed by atoms with E-state index in [0.29, 0.717) is 19.4 Å². The van der Waals surface area contributed by atoms with Crippen LogP contribution in [0.15, 0.2) is 29.4 Å². The number of methoxy groups -OCH3 is 1. The Kier molecular flexibility index (Phi) is 6.80. The second-order valence-electron chi connectivity index (χ2n) is 7.86. The zero-order valence-corrected chi connectivity index (χ0v) is 16.7. The Hall–Kier alpha value is -1.83. The number of azide groups is 1. The van der Waals surface area contributed by atoms with Gasteiger partial charge in [-0.15, -0.1) is 0 Å². The third-order valence-electron chi connectivity index (χ3n) is 5.40. The molecular formula is C20H29N3O5. The fraction of sp³-hybridized carbons (Fsp3) is 0.700. The molecule has 2 aliphatic rings. The summed E-state index contributed by atoms with van der Waals surface area (Å²) in [5.41, 5.74) is 9.86. The van der Waals surface area contributed by atoms with E-state index in [2.05, 4.69) is 10.0 Å². The summed E-state index contributed by atoms with van der Waals surface area (Å²) in [7, 11) is 1.64. The number of hydrogen-bond acceptors (Lipinski definition) is 6. The molecule has 1 aromatic rings. The van der Waals surface area contributed by atoms with E-state index in [1.54, 1.807) is 7.11 Å². The van der Waals surface area contributed by atoms with Crippen LogP contribution in [0.1, 0.15) is 38.7 Å². The molecule has 28 heavy (non-hydrogen) atoms. The average molecular weight is 391 g/mol. The van der Waals surface area contributed by atoms with E-state index in [1.807, 2.05) is 38.1 Å². The number of aliphatic hydroxyl groups is 1. The van der Waals surface area contributed by atoms with E-state index in [4.69, 9.17) is 24.5 Å². The Morgan fingerprint density at radius 3 is 2.64 bits per heavy atom. The fourth-order valence-electron chi connectivity index (χ4n) is 4.15. The van der Waals surface area contributed by atoms with Crippen LogP contribution in [0.4, 0.5) is 0 Å². The van der Waals surface area contributed by atoms with Crippen molar-refractivity contribution in [1.82, 2.24) is 0 Å². The molecule has 0 bridgehead atoms. The molecular weight excluding hydrogens is 362 g/mol. The summed E-state index contributed by atoms with van der Waals surface area (Å²) >= 11 is 0. The second kappa shape index (κ2) is 9.11. The third-order valence-corrected chi connectivity index (χ3v) is 5.40. The lowest BCUT2D eigenvalue weighted by Gasteiger charge is -2.24. The average Bonchev–Trinajstić information content (AvgIpc) is 3.14. The number of rotatable bonds is 9. The van der Waals surface area contributed by atoms with E-state index in [1.165, 1.54) is 0 Å². The standard InChI is InChI=1S/C20H29N3O5/c1-20(2)27-18-14(10-15(8-9-24)22-23-21)11-17(19(18)28-20)26-12-13-4-6-16(25-3)7-5-13/h4-7,14-15,17-19,24H,8-12H2,1-3H3/t14-,15-,17-,18+,19-/m0/s1. The fourth-order valence-corrected chi connectivity index (χ4v) is 4.15. The molecule has 1 aromatic carbocycles. The minimum Gasteiger partial charge on any atom is -0.497 e. The van der Waals surface area contributed by atoms with Crippen molar-refractivity contribution in [1.29, 1.82) is 0 Å². The van der Waals surface area contributed by atoms with Crippen LogP contribution >= 0.6 is 0 Å². The first kappa shape index (κ1) is 20.9. The highest BCUT2D eigenvalue weighted by Gasteiger charge is 2.54. The molecule has 1 aliphatic heterocycles. The van der Waals surface area contributed by atoms with Crippen LogP contribution in [0.2, 0.25) is 0 Å². The van der Waals surface area contributed by atoms with Gasteiger partial charge in [0.05, 0.1) is 25.9 Å². The minimum absolute atomic E-state index is 0.00918. The Bertz CT molecular complexity index is 690. The van der Waals surface area contributed by atoms with Gasteiger partial charge < -0.3 is 24.1 Å². The summed E-state index contributed by atoms with van der Waals surface area (Å²) in [6.45, 7) is 4.28. The lowest BCUT2D eigenvalue weighted by atomic mass is 9.95. The van der Waals surface area contributed by atoms with Crippen LogP contribution in [0.25, 0.3) is 10.4 Å². The lowest BCUT2D eigenvalue weighted by molar-refractivity contribution is -0.172. The largest absolute Gasteiger partial charge is 0.497 e. The number of ether oxygens (including phenoxy) is 4. The van der Waals surface area contributed by atoms with Crippen molar-refractivity contribution >= 4 is 0 Å². The molecule has 0 amide bonds. The highest BCUT2D eigenvalue weighted by Crippen LogP contribution is 2.45.